The van der Waals surface area contributed by atoms with E-state index >= 15 is 0 Å². The summed E-state index contributed by atoms with van der Waals surface area (Å²) < 4.78 is 5.41. The van der Waals surface area contributed by atoms with Crippen LogP contribution < -0.4 is 5.32 Å². The van der Waals surface area contributed by atoms with E-state index in [2.05, 4.69) is 70.1 Å². The van der Waals surface area contributed by atoms with Crippen molar-refractivity contribution in [2.75, 3.05) is 6.61 Å². The number of rotatable bonds is 4. The summed E-state index contributed by atoms with van der Waals surface area (Å²) in [6.07, 6.45) is -0.764. The highest BCUT2D eigenvalue weighted by atomic mass is 127. The summed E-state index contributed by atoms with van der Waals surface area (Å²) in [6.45, 7) is 1.46. The number of halogens is 2. The van der Waals surface area contributed by atoms with Crippen molar-refractivity contribution >= 4 is 72.3 Å². The first-order valence-corrected chi connectivity index (χ1v) is 15.7. The van der Waals surface area contributed by atoms with Crippen molar-refractivity contribution in [2.45, 2.75) is 18.9 Å². The van der Waals surface area contributed by atoms with Crippen LogP contribution in [0.1, 0.15) is 35.1 Å². The summed E-state index contributed by atoms with van der Waals surface area (Å²) in [4.78, 5) is 23.1. The van der Waals surface area contributed by atoms with Crippen LogP contribution in [0.25, 0.3) is 11.1 Å². The van der Waals surface area contributed by atoms with Gasteiger partial charge in [0.25, 0.3) is 0 Å². The number of benzene rings is 2. The van der Waals surface area contributed by atoms with E-state index in [1.54, 1.807) is 0 Å². The molecule has 0 saturated heterocycles. The third-order valence-corrected chi connectivity index (χ3v) is 6.38. The molecular weight excluding hydrogens is 660 g/mol. The topological polar surface area (TPSA) is 75.6 Å². The third kappa shape index (κ3) is 6.04. The van der Waals surface area contributed by atoms with Crippen LogP contribution >= 0.6 is 60.3 Å². The lowest BCUT2D eigenvalue weighted by Gasteiger charge is -2.16. The van der Waals surface area contributed by atoms with Crippen LogP contribution in [0.3, 0.4) is 0 Å². The van der Waals surface area contributed by atoms with Gasteiger partial charge in [-0.1, -0.05) is 24.0 Å². The van der Waals surface area contributed by atoms with Crippen molar-refractivity contribution in [2.24, 2.45) is 0 Å². The normalized spacial score (nSPS) is 12.4. The zero-order valence-electron chi connectivity index (χ0n) is 16.1. The fourth-order valence-corrected chi connectivity index (χ4v) is 4.26. The predicted octanol–water partition coefficient (Wildman–Crippen LogP) is 5.78. The molecule has 3 rings (SSSR count). The summed E-state index contributed by atoms with van der Waals surface area (Å²) in [5, 5.41) is 17.3. The Morgan fingerprint density at radius 2 is 1.58 bits per heavy atom. The molecule has 5 nitrogen and oxygen atoms in total. The smallest absolute Gasteiger partial charge is 0.407 e. The fourth-order valence-electron chi connectivity index (χ4n) is 3.29. The summed E-state index contributed by atoms with van der Waals surface area (Å²) >= 11 is 4.25. The minimum atomic E-state index is -1.12. The van der Waals surface area contributed by atoms with Crippen LogP contribution in [0, 0.1) is 22.3 Å². The maximum Gasteiger partial charge on any atom is 0.407 e. The second-order valence-electron chi connectivity index (χ2n) is 6.57. The van der Waals surface area contributed by atoms with Crippen molar-refractivity contribution in [1.29, 1.82) is 0 Å². The average molecular weight is 675 g/mol. The van der Waals surface area contributed by atoms with Gasteiger partial charge in [-0.15, -0.1) is 0 Å². The van der Waals surface area contributed by atoms with Gasteiger partial charge in [-0.05, 0) is 81.8 Å². The number of carboxylic acid groups (broad SMARTS) is 1. The number of carbonyl (C=O) groups excluding carboxylic acids is 1. The zero-order chi connectivity index (χ0) is 22.4. The first-order valence-electron chi connectivity index (χ1n) is 8.96. The van der Waals surface area contributed by atoms with Gasteiger partial charge in [-0.3, -0.25) is 4.79 Å². The van der Waals surface area contributed by atoms with Crippen LogP contribution in [0.15, 0.2) is 36.4 Å². The summed E-state index contributed by atoms with van der Waals surface area (Å²) in [5.41, 5.74) is 5.94. The van der Waals surface area contributed by atoms with Crippen LogP contribution in [0.4, 0.5) is 4.79 Å². The van der Waals surface area contributed by atoms with Gasteiger partial charge < -0.3 is 15.2 Å². The number of carbonyl (C=O) groups is 2. The lowest BCUT2D eigenvalue weighted by atomic mass is 9.96. The molecule has 0 unspecified atom stereocenters. The van der Waals surface area contributed by atoms with Crippen molar-refractivity contribution in [3.05, 3.63) is 58.7 Å². The molecule has 0 saturated carbocycles. The Bertz CT molecular complexity index is 1080. The monoisotopic (exact) mass is 675 g/mol. The molecule has 0 aliphatic heterocycles. The summed E-state index contributed by atoms with van der Waals surface area (Å²) in [6, 6.07) is 11.0. The minimum Gasteiger partial charge on any atom is -0.480 e. The van der Waals surface area contributed by atoms with Gasteiger partial charge in [0.15, 0.2) is 0 Å². The predicted molar refractivity (Wildman–Crippen MR) is 142 cm³/mol. The molecule has 2 N–H and O–H groups in total. The summed E-state index contributed by atoms with van der Waals surface area (Å²) in [5.74, 6) is 4.90. The van der Waals surface area contributed by atoms with Gasteiger partial charge in [0, 0.05) is 59.5 Å². The van der Waals surface area contributed by atoms with E-state index in [-0.39, 0.29) is 12.5 Å². The van der Waals surface area contributed by atoms with Gasteiger partial charge in [-0.25, -0.2) is 4.79 Å². The molecule has 158 valence electrons. The Morgan fingerprint density at radius 1 is 1.06 bits per heavy atom. The molecule has 0 bridgehead atoms. The second kappa shape index (κ2) is 11.4. The highest BCUT2D eigenvalue weighted by molar-refractivity contribution is 14.2. The molecular formula is C22H15I2NO4S2. The maximum atomic E-state index is 12.1. The summed E-state index contributed by atoms with van der Waals surface area (Å²) in [7, 11) is 2.83. The molecule has 1 aliphatic carbocycles. The standard InChI is InChI=1S/C22H15I2NO4S2/c1-13(21(26)27)25-22(28)29-12-20-18-10-14(6-8-30-23)2-4-16(18)17-5-3-15(7-9-31-24)11-19(17)20/h2-5,10-11,13,20H,12H2,1H3,(H,25,28)(H,26,27)/t13-/m0/s1. The molecule has 0 aromatic heterocycles. The Kier molecular flexibility index (Phi) is 8.84. The number of alkyl carbamates (subject to hydrolysis) is 1. The molecule has 0 heterocycles. The van der Waals surface area contributed by atoms with E-state index in [1.165, 1.54) is 24.8 Å². The Balaban J connectivity index is 1.94. The quantitative estimate of drug-likeness (QED) is 0.316. The Hall–Kier alpha value is -1.54. The first-order chi connectivity index (χ1) is 14.9. The van der Waals surface area contributed by atoms with Crippen molar-refractivity contribution in [3.8, 4) is 33.5 Å². The number of aliphatic carboxylic acids is 1. The van der Waals surface area contributed by atoms with Crippen molar-refractivity contribution in [1.82, 2.24) is 5.32 Å². The van der Waals surface area contributed by atoms with E-state index in [0.717, 1.165) is 33.4 Å². The van der Waals surface area contributed by atoms with Gasteiger partial charge in [0.05, 0.1) is 0 Å². The molecule has 1 atom stereocenters. The van der Waals surface area contributed by atoms with E-state index in [9.17, 15) is 9.59 Å². The number of amides is 1. The van der Waals surface area contributed by atoms with Crippen LogP contribution in [-0.2, 0) is 9.53 Å². The van der Waals surface area contributed by atoms with Gasteiger partial charge >= 0.3 is 12.1 Å². The number of carboxylic acids is 1. The van der Waals surface area contributed by atoms with Crippen molar-refractivity contribution in [3.63, 3.8) is 0 Å². The van der Waals surface area contributed by atoms with E-state index in [0.29, 0.717) is 0 Å². The molecule has 9 heteroatoms. The first kappa shape index (κ1) is 24.1. The van der Waals surface area contributed by atoms with Crippen LogP contribution in [0.2, 0.25) is 0 Å². The Morgan fingerprint density at radius 3 is 2.03 bits per heavy atom. The highest BCUT2D eigenvalue weighted by Crippen LogP contribution is 2.45. The molecule has 1 amide bonds. The number of ether oxygens (including phenoxy) is 1. The number of nitrogens with one attached hydrogen (secondary N) is 1. The number of hydrogen-bond acceptors (Lipinski definition) is 5. The van der Waals surface area contributed by atoms with E-state index in [1.807, 2.05) is 36.4 Å². The molecule has 2 aromatic carbocycles. The van der Waals surface area contributed by atoms with Crippen molar-refractivity contribution < 1.29 is 19.4 Å². The largest absolute Gasteiger partial charge is 0.480 e. The zero-order valence-corrected chi connectivity index (χ0v) is 22.0. The minimum absolute atomic E-state index is 0.0774. The average Bonchev–Trinajstić information content (AvgIpc) is 3.06. The van der Waals surface area contributed by atoms with Crippen LogP contribution in [-0.4, -0.2) is 29.8 Å². The Labute approximate surface area is 213 Å². The maximum absolute atomic E-state index is 12.1. The lowest BCUT2D eigenvalue weighted by Crippen LogP contribution is -2.39. The molecule has 31 heavy (non-hydrogen) atoms. The molecule has 0 spiro atoms. The van der Waals surface area contributed by atoms with Gasteiger partial charge in [0.1, 0.15) is 12.6 Å². The van der Waals surface area contributed by atoms with Crippen LogP contribution in [0.5, 0.6) is 0 Å². The highest BCUT2D eigenvalue weighted by Gasteiger charge is 2.30. The number of fused-ring (bicyclic) bond motifs is 3. The van der Waals surface area contributed by atoms with E-state index < -0.39 is 18.1 Å². The van der Waals surface area contributed by atoms with Gasteiger partial charge in [0.2, 0.25) is 0 Å². The van der Waals surface area contributed by atoms with E-state index in [4.69, 9.17) is 9.84 Å². The second-order valence-corrected chi connectivity index (χ2v) is 9.93. The fraction of sp³-hybridized carbons (Fsp3) is 0.182. The van der Waals surface area contributed by atoms with Gasteiger partial charge in [-0.2, -0.15) is 0 Å². The lowest BCUT2D eigenvalue weighted by molar-refractivity contribution is -0.138. The number of hydrogen-bond donors (Lipinski definition) is 2. The SMILES string of the molecule is C[C@H](NC(=O)OCC1c2cc(C#CSI)ccc2-c2ccc(C#CSI)cc21)C(=O)O. The molecule has 0 fully saturated rings. The molecule has 0 radical (unpaired) electrons. The molecule has 1 aliphatic rings. The molecule has 2 aromatic rings. The third-order valence-electron chi connectivity index (χ3n) is 4.70.